The summed E-state index contributed by atoms with van der Waals surface area (Å²) in [5.74, 6) is 0. The topological polar surface area (TPSA) is 30.7 Å². The lowest BCUT2D eigenvalue weighted by Gasteiger charge is -1.86. The second-order valence-corrected chi connectivity index (χ2v) is 2.28. The zero-order valence-electron chi connectivity index (χ0n) is 5.03. The molecular formula is C6H4ClN3. The molecule has 0 atom stereocenters. The summed E-state index contributed by atoms with van der Waals surface area (Å²) in [6.45, 7) is 0. The first kappa shape index (κ1) is 5.68. The average molecular weight is 154 g/mol. The Kier molecular flexibility index (Phi) is 1.11. The van der Waals surface area contributed by atoms with Crippen molar-refractivity contribution in [2.75, 3.05) is 0 Å². The Labute approximate surface area is 62.4 Å². The smallest absolute Gasteiger partial charge is 0.111 e. The SMILES string of the molecule is Cln1cnc2cnccc21. The molecule has 0 aliphatic rings. The fraction of sp³-hybridized carbons (Fsp3) is 0. The number of nitrogens with zero attached hydrogens (tertiary/aromatic N) is 3. The first-order chi connectivity index (χ1) is 4.88. The predicted molar refractivity (Wildman–Crippen MR) is 38.8 cm³/mol. The maximum Gasteiger partial charge on any atom is 0.111 e. The Hall–Kier alpha value is -1.09. The van der Waals surface area contributed by atoms with Crippen molar-refractivity contribution in [2.24, 2.45) is 0 Å². The van der Waals surface area contributed by atoms with Gasteiger partial charge in [0, 0.05) is 18.0 Å². The zero-order chi connectivity index (χ0) is 6.97. The summed E-state index contributed by atoms with van der Waals surface area (Å²) in [6.07, 6.45) is 4.91. The van der Waals surface area contributed by atoms with Gasteiger partial charge in [0.1, 0.15) is 11.8 Å². The number of hydrogen-bond donors (Lipinski definition) is 0. The van der Waals surface area contributed by atoms with E-state index < -0.39 is 0 Å². The molecule has 2 heterocycles. The molecule has 0 N–H and O–H groups in total. The second-order valence-electron chi connectivity index (χ2n) is 1.92. The van der Waals surface area contributed by atoms with E-state index in [9.17, 15) is 0 Å². The largest absolute Gasteiger partial charge is 0.262 e. The minimum atomic E-state index is 0.817. The normalized spacial score (nSPS) is 10.5. The van der Waals surface area contributed by atoms with Gasteiger partial charge in [-0.15, -0.1) is 0 Å². The molecule has 2 aromatic heterocycles. The molecule has 50 valence electrons. The second kappa shape index (κ2) is 1.95. The van der Waals surface area contributed by atoms with Gasteiger partial charge in [-0.2, -0.15) is 0 Å². The number of pyridine rings is 1. The molecule has 0 radical (unpaired) electrons. The van der Waals surface area contributed by atoms with Crippen molar-refractivity contribution in [3.8, 4) is 0 Å². The van der Waals surface area contributed by atoms with E-state index in [1.165, 1.54) is 4.09 Å². The maximum absolute atomic E-state index is 5.70. The number of hydrogen-bond acceptors (Lipinski definition) is 2. The van der Waals surface area contributed by atoms with Gasteiger partial charge >= 0.3 is 0 Å². The lowest BCUT2D eigenvalue weighted by molar-refractivity contribution is 1.25. The van der Waals surface area contributed by atoms with Gasteiger partial charge in [-0.1, -0.05) is 0 Å². The molecule has 0 spiro atoms. The molecule has 0 aliphatic carbocycles. The fourth-order valence-corrected chi connectivity index (χ4v) is 1.02. The maximum atomic E-state index is 5.70. The molecule has 0 unspecified atom stereocenters. The standard InChI is InChI=1S/C6H4ClN3/c7-10-4-9-5-3-8-2-1-6(5)10/h1-4H. The molecule has 0 bridgehead atoms. The van der Waals surface area contributed by atoms with E-state index in [4.69, 9.17) is 11.8 Å². The van der Waals surface area contributed by atoms with Crippen molar-refractivity contribution < 1.29 is 0 Å². The van der Waals surface area contributed by atoms with Crippen LogP contribution < -0.4 is 0 Å². The first-order valence-electron chi connectivity index (χ1n) is 2.81. The summed E-state index contributed by atoms with van der Waals surface area (Å²) in [4.78, 5) is 7.88. The predicted octanol–water partition coefficient (Wildman–Crippen LogP) is 1.43. The van der Waals surface area contributed by atoms with Gasteiger partial charge in [0.25, 0.3) is 0 Å². The molecule has 0 amide bonds. The number of aromatic nitrogens is 3. The highest BCUT2D eigenvalue weighted by Crippen LogP contribution is 2.10. The third kappa shape index (κ3) is 0.675. The van der Waals surface area contributed by atoms with Gasteiger partial charge in [0.2, 0.25) is 0 Å². The van der Waals surface area contributed by atoms with Crippen molar-refractivity contribution in [3.63, 3.8) is 0 Å². The minimum absolute atomic E-state index is 0.817. The highest BCUT2D eigenvalue weighted by molar-refractivity contribution is 6.18. The van der Waals surface area contributed by atoms with E-state index in [-0.39, 0.29) is 0 Å². The molecule has 10 heavy (non-hydrogen) atoms. The molecule has 4 heteroatoms. The molecule has 2 rings (SSSR count). The van der Waals surface area contributed by atoms with Crippen LogP contribution in [-0.2, 0) is 0 Å². The molecule has 0 saturated heterocycles. The lowest BCUT2D eigenvalue weighted by atomic mass is 10.4. The van der Waals surface area contributed by atoms with Crippen molar-refractivity contribution in [1.29, 1.82) is 0 Å². The first-order valence-corrected chi connectivity index (χ1v) is 3.15. The van der Waals surface area contributed by atoms with E-state index in [1.807, 2.05) is 6.07 Å². The molecular weight excluding hydrogens is 150 g/mol. The molecule has 0 aromatic carbocycles. The Morgan fingerprint density at radius 3 is 3.20 bits per heavy atom. The monoisotopic (exact) mass is 153 g/mol. The number of imidazole rings is 1. The summed E-state index contributed by atoms with van der Waals surface area (Å²) < 4.78 is 1.44. The summed E-state index contributed by atoms with van der Waals surface area (Å²) in [6, 6.07) is 1.81. The number of rotatable bonds is 0. The van der Waals surface area contributed by atoms with Gasteiger partial charge in [0.05, 0.1) is 11.7 Å². The van der Waals surface area contributed by atoms with Gasteiger partial charge in [-0.25, -0.2) is 9.07 Å². The third-order valence-electron chi connectivity index (χ3n) is 1.31. The van der Waals surface area contributed by atoms with Gasteiger partial charge in [0.15, 0.2) is 0 Å². The molecule has 0 fully saturated rings. The van der Waals surface area contributed by atoms with Gasteiger partial charge in [-0.05, 0) is 6.07 Å². The van der Waals surface area contributed by atoms with Crippen LogP contribution in [0, 0.1) is 0 Å². The van der Waals surface area contributed by atoms with Crippen LogP contribution in [0.15, 0.2) is 24.8 Å². The summed E-state index contributed by atoms with van der Waals surface area (Å²) in [5, 5.41) is 0. The van der Waals surface area contributed by atoms with Crippen LogP contribution in [0.2, 0.25) is 0 Å². The van der Waals surface area contributed by atoms with Crippen LogP contribution in [0.5, 0.6) is 0 Å². The lowest BCUT2D eigenvalue weighted by Crippen LogP contribution is -1.75. The van der Waals surface area contributed by atoms with E-state index in [0.29, 0.717) is 0 Å². The van der Waals surface area contributed by atoms with Crippen LogP contribution in [-0.4, -0.2) is 14.1 Å². The summed E-state index contributed by atoms with van der Waals surface area (Å²) in [7, 11) is 0. The van der Waals surface area contributed by atoms with Crippen molar-refractivity contribution >= 4 is 22.8 Å². The summed E-state index contributed by atoms with van der Waals surface area (Å²) >= 11 is 5.70. The number of halogens is 1. The molecule has 0 saturated carbocycles. The average Bonchev–Trinajstić information content (AvgIpc) is 2.34. The van der Waals surface area contributed by atoms with Crippen LogP contribution in [0.1, 0.15) is 0 Å². The van der Waals surface area contributed by atoms with Crippen LogP contribution in [0.4, 0.5) is 0 Å². The fourth-order valence-electron chi connectivity index (χ4n) is 0.834. The molecule has 2 aromatic rings. The van der Waals surface area contributed by atoms with Crippen molar-refractivity contribution in [2.45, 2.75) is 0 Å². The Morgan fingerprint density at radius 1 is 1.50 bits per heavy atom. The van der Waals surface area contributed by atoms with Crippen LogP contribution >= 0.6 is 11.8 Å². The quantitative estimate of drug-likeness (QED) is 0.573. The van der Waals surface area contributed by atoms with Crippen molar-refractivity contribution in [3.05, 3.63) is 24.8 Å². The minimum Gasteiger partial charge on any atom is -0.262 e. The van der Waals surface area contributed by atoms with E-state index in [2.05, 4.69) is 9.97 Å². The molecule has 0 aliphatic heterocycles. The Bertz CT molecular complexity index is 355. The third-order valence-corrected chi connectivity index (χ3v) is 1.58. The van der Waals surface area contributed by atoms with E-state index in [0.717, 1.165) is 11.0 Å². The highest BCUT2D eigenvalue weighted by Gasteiger charge is 1.96. The van der Waals surface area contributed by atoms with Gasteiger partial charge in [-0.3, -0.25) is 4.98 Å². The highest BCUT2D eigenvalue weighted by atomic mass is 35.5. The van der Waals surface area contributed by atoms with E-state index >= 15 is 0 Å². The summed E-state index contributed by atoms with van der Waals surface area (Å²) in [5.41, 5.74) is 1.70. The van der Waals surface area contributed by atoms with Crippen molar-refractivity contribution in [1.82, 2.24) is 14.1 Å². The zero-order valence-corrected chi connectivity index (χ0v) is 5.78. The van der Waals surface area contributed by atoms with Crippen LogP contribution in [0.3, 0.4) is 0 Å². The Balaban J connectivity index is 2.93. The Morgan fingerprint density at radius 2 is 2.40 bits per heavy atom. The van der Waals surface area contributed by atoms with E-state index in [1.54, 1.807) is 18.7 Å². The van der Waals surface area contributed by atoms with Crippen LogP contribution in [0.25, 0.3) is 11.0 Å². The molecule has 3 nitrogen and oxygen atoms in total. The van der Waals surface area contributed by atoms with Gasteiger partial charge < -0.3 is 0 Å². The number of fused-ring (bicyclic) bond motifs is 1.